The lowest BCUT2D eigenvalue weighted by molar-refractivity contribution is 1.33. The largest absolute Gasteiger partial charge is 0.222 e. The number of aryl methyl sites for hydroxylation is 1. The maximum Gasteiger partial charge on any atom is 0.153 e. The first kappa shape index (κ1) is 6.94. The minimum absolute atomic E-state index is 1.03. The number of rotatable bonds is 1. The van der Waals surface area contributed by atoms with Crippen molar-refractivity contribution in [3.05, 3.63) is 23.3 Å². The summed E-state index contributed by atoms with van der Waals surface area (Å²) in [7, 11) is 0. The topological polar surface area (TPSA) is 25.8 Å². The van der Waals surface area contributed by atoms with Gasteiger partial charge >= 0.3 is 0 Å². The van der Waals surface area contributed by atoms with E-state index in [0.717, 1.165) is 5.01 Å². The highest BCUT2D eigenvalue weighted by Crippen LogP contribution is 2.28. The Morgan fingerprint density at radius 3 is 2.91 bits per heavy atom. The third-order valence-electron chi connectivity index (χ3n) is 1.42. The van der Waals surface area contributed by atoms with Crippen LogP contribution in [0.4, 0.5) is 0 Å². The Kier molecular flexibility index (Phi) is 1.71. The summed E-state index contributed by atoms with van der Waals surface area (Å²) in [5.41, 5.74) is 1.28. The Hall–Kier alpha value is -0.740. The number of nitrogens with zero attached hydrogens (tertiary/aromatic N) is 2. The third-order valence-corrected chi connectivity index (χ3v) is 3.25. The second-order valence-corrected chi connectivity index (χ2v) is 3.88. The summed E-state index contributed by atoms with van der Waals surface area (Å²) < 4.78 is 3.96. The highest BCUT2D eigenvalue weighted by atomic mass is 32.1. The molecule has 0 spiro atoms. The average molecular weight is 182 g/mol. The van der Waals surface area contributed by atoms with Crippen molar-refractivity contribution in [1.82, 2.24) is 9.36 Å². The molecule has 0 bridgehead atoms. The Morgan fingerprint density at radius 1 is 1.45 bits per heavy atom. The Balaban J connectivity index is 2.53. The van der Waals surface area contributed by atoms with Gasteiger partial charge in [0.2, 0.25) is 0 Å². The molecule has 4 heteroatoms. The van der Waals surface area contributed by atoms with Crippen LogP contribution in [0, 0.1) is 6.92 Å². The van der Waals surface area contributed by atoms with Gasteiger partial charge in [-0.05, 0) is 35.5 Å². The van der Waals surface area contributed by atoms with Gasteiger partial charge in [0.1, 0.15) is 6.33 Å². The molecule has 0 fully saturated rings. The predicted octanol–water partition coefficient (Wildman–Crippen LogP) is 2.58. The molecule has 0 N–H and O–H groups in total. The summed E-state index contributed by atoms with van der Waals surface area (Å²) >= 11 is 3.16. The molecule has 0 unspecified atom stereocenters. The van der Waals surface area contributed by atoms with Crippen LogP contribution < -0.4 is 0 Å². The monoisotopic (exact) mass is 182 g/mol. The molecule has 0 aromatic carbocycles. The summed E-state index contributed by atoms with van der Waals surface area (Å²) in [5, 5.41) is 3.10. The van der Waals surface area contributed by atoms with Crippen molar-refractivity contribution in [2.45, 2.75) is 6.92 Å². The fourth-order valence-electron chi connectivity index (χ4n) is 0.865. The second kappa shape index (κ2) is 2.71. The van der Waals surface area contributed by atoms with E-state index in [9.17, 15) is 0 Å². The van der Waals surface area contributed by atoms with Gasteiger partial charge in [0.15, 0.2) is 5.01 Å². The van der Waals surface area contributed by atoms with Gasteiger partial charge in [-0.15, -0.1) is 11.3 Å². The zero-order chi connectivity index (χ0) is 7.68. The average Bonchev–Trinajstić information content (AvgIpc) is 2.55. The van der Waals surface area contributed by atoms with Crippen LogP contribution in [0.1, 0.15) is 5.56 Å². The highest BCUT2D eigenvalue weighted by Gasteiger charge is 2.04. The molecule has 0 amide bonds. The molecule has 2 heterocycles. The van der Waals surface area contributed by atoms with Crippen molar-refractivity contribution < 1.29 is 0 Å². The summed E-state index contributed by atoms with van der Waals surface area (Å²) in [6.07, 6.45) is 1.60. The lowest BCUT2D eigenvalue weighted by Crippen LogP contribution is -1.70. The molecule has 0 radical (unpaired) electrons. The first-order chi connectivity index (χ1) is 5.38. The molecule has 2 aromatic heterocycles. The van der Waals surface area contributed by atoms with Gasteiger partial charge in [0, 0.05) is 0 Å². The van der Waals surface area contributed by atoms with E-state index in [1.807, 2.05) is 0 Å². The summed E-state index contributed by atoms with van der Waals surface area (Å²) in [5.74, 6) is 0. The minimum Gasteiger partial charge on any atom is -0.222 e. The van der Waals surface area contributed by atoms with Crippen molar-refractivity contribution in [2.75, 3.05) is 0 Å². The molecule has 2 aromatic rings. The first-order valence-corrected chi connectivity index (χ1v) is 4.84. The first-order valence-electron chi connectivity index (χ1n) is 3.19. The molecule has 0 saturated heterocycles. The van der Waals surface area contributed by atoms with Gasteiger partial charge in [-0.25, -0.2) is 4.98 Å². The quantitative estimate of drug-likeness (QED) is 0.677. The molecule has 11 heavy (non-hydrogen) atoms. The van der Waals surface area contributed by atoms with Gasteiger partial charge in [0.05, 0.1) is 4.88 Å². The molecule has 0 saturated carbocycles. The van der Waals surface area contributed by atoms with Crippen molar-refractivity contribution in [3.8, 4) is 9.88 Å². The highest BCUT2D eigenvalue weighted by molar-refractivity contribution is 7.18. The zero-order valence-electron chi connectivity index (χ0n) is 5.94. The lowest BCUT2D eigenvalue weighted by atomic mass is 10.3. The predicted molar refractivity (Wildman–Crippen MR) is 48.0 cm³/mol. The molecule has 0 aliphatic heterocycles. The van der Waals surface area contributed by atoms with Crippen LogP contribution in [0.25, 0.3) is 9.88 Å². The van der Waals surface area contributed by atoms with E-state index in [1.54, 1.807) is 17.7 Å². The van der Waals surface area contributed by atoms with E-state index in [1.165, 1.54) is 22.0 Å². The SMILES string of the molecule is Cc1ccsc1-c1ncns1. The fourth-order valence-corrected chi connectivity index (χ4v) is 2.47. The summed E-state index contributed by atoms with van der Waals surface area (Å²) in [4.78, 5) is 5.38. The van der Waals surface area contributed by atoms with Gasteiger partial charge in [0.25, 0.3) is 0 Å². The molecule has 0 aliphatic rings. The maximum absolute atomic E-state index is 4.14. The zero-order valence-corrected chi connectivity index (χ0v) is 7.58. The van der Waals surface area contributed by atoms with Crippen molar-refractivity contribution in [3.63, 3.8) is 0 Å². The van der Waals surface area contributed by atoms with Crippen LogP contribution in [0.15, 0.2) is 17.8 Å². The number of thiophene rings is 1. The lowest BCUT2D eigenvalue weighted by Gasteiger charge is -1.88. The number of hydrogen-bond donors (Lipinski definition) is 0. The molecular weight excluding hydrogens is 176 g/mol. The minimum atomic E-state index is 1.03. The van der Waals surface area contributed by atoms with Gasteiger partial charge in [-0.2, -0.15) is 4.37 Å². The third kappa shape index (κ3) is 1.19. The molecular formula is C7H6N2S2. The second-order valence-electron chi connectivity index (χ2n) is 2.18. The van der Waals surface area contributed by atoms with Crippen molar-refractivity contribution in [1.29, 1.82) is 0 Å². The van der Waals surface area contributed by atoms with E-state index in [-0.39, 0.29) is 0 Å². The summed E-state index contributed by atoms with van der Waals surface area (Å²) in [6, 6.07) is 2.10. The Bertz CT molecular complexity index is 337. The van der Waals surface area contributed by atoms with Crippen LogP contribution >= 0.6 is 22.9 Å². The van der Waals surface area contributed by atoms with Crippen LogP contribution in [0.5, 0.6) is 0 Å². The van der Waals surface area contributed by atoms with Gasteiger partial charge < -0.3 is 0 Å². The maximum atomic E-state index is 4.14. The fraction of sp³-hybridized carbons (Fsp3) is 0.143. The molecule has 0 atom stereocenters. The Labute approximate surface area is 72.7 Å². The van der Waals surface area contributed by atoms with E-state index in [2.05, 4.69) is 27.7 Å². The van der Waals surface area contributed by atoms with Gasteiger partial charge in [-0.3, -0.25) is 0 Å². The van der Waals surface area contributed by atoms with E-state index in [4.69, 9.17) is 0 Å². The van der Waals surface area contributed by atoms with Crippen LogP contribution in [-0.4, -0.2) is 9.36 Å². The van der Waals surface area contributed by atoms with E-state index in [0.29, 0.717) is 0 Å². The van der Waals surface area contributed by atoms with Crippen molar-refractivity contribution >= 4 is 22.9 Å². The standard InChI is InChI=1S/C7H6N2S2/c1-5-2-3-10-6(5)7-8-4-9-11-7/h2-4H,1H3. The Morgan fingerprint density at radius 2 is 2.36 bits per heavy atom. The van der Waals surface area contributed by atoms with Crippen LogP contribution in [-0.2, 0) is 0 Å². The normalized spacial score (nSPS) is 10.3. The summed E-state index contributed by atoms with van der Waals surface area (Å²) in [6.45, 7) is 2.09. The molecule has 2 nitrogen and oxygen atoms in total. The molecule has 56 valence electrons. The number of hydrogen-bond acceptors (Lipinski definition) is 4. The van der Waals surface area contributed by atoms with Crippen LogP contribution in [0.2, 0.25) is 0 Å². The molecule has 0 aliphatic carbocycles. The molecule has 2 rings (SSSR count). The van der Waals surface area contributed by atoms with Crippen LogP contribution in [0.3, 0.4) is 0 Å². The van der Waals surface area contributed by atoms with Gasteiger partial charge in [-0.1, -0.05) is 0 Å². The van der Waals surface area contributed by atoms with E-state index < -0.39 is 0 Å². The van der Waals surface area contributed by atoms with E-state index >= 15 is 0 Å². The van der Waals surface area contributed by atoms with Crippen molar-refractivity contribution in [2.24, 2.45) is 0 Å². The number of aromatic nitrogens is 2. The smallest absolute Gasteiger partial charge is 0.153 e.